The molecule has 2 saturated heterocycles. The highest BCUT2D eigenvalue weighted by molar-refractivity contribution is 14.0. The van der Waals surface area contributed by atoms with Crippen molar-refractivity contribution in [1.29, 1.82) is 0 Å². The van der Waals surface area contributed by atoms with Gasteiger partial charge in [0.2, 0.25) is 5.91 Å². The molecule has 0 aliphatic carbocycles. The summed E-state index contributed by atoms with van der Waals surface area (Å²) >= 11 is 1.68. The Morgan fingerprint density at radius 3 is 2.47 bits per heavy atom. The molecule has 9 heteroatoms. The minimum atomic E-state index is 0. The number of likely N-dealkylation sites (tertiary alicyclic amines) is 1. The number of carbonyl (C=O) groups is 1. The Morgan fingerprint density at radius 1 is 1.23 bits per heavy atom. The van der Waals surface area contributed by atoms with Crippen LogP contribution in [-0.2, 0) is 21.5 Å². The molecule has 2 aliphatic heterocycles. The molecule has 0 spiro atoms. The minimum Gasteiger partial charge on any atom is -0.378 e. The van der Waals surface area contributed by atoms with Crippen LogP contribution in [0.3, 0.4) is 0 Å². The largest absolute Gasteiger partial charge is 0.378 e. The van der Waals surface area contributed by atoms with E-state index in [-0.39, 0.29) is 35.3 Å². The number of hydrogen-bond donors (Lipinski definition) is 1. The number of hydrogen-bond acceptors (Lipinski definition) is 5. The molecule has 3 heterocycles. The summed E-state index contributed by atoms with van der Waals surface area (Å²) in [4.78, 5) is 26.6. The zero-order chi connectivity index (χ0) is 20.9. The number of halogens is 1. The van der Waals surface area contributed by atoms with Crippen LogP contribution in [0.2, 0.25) is 0 Å². The number of thiazole rings is 1. The topological polar surface area (TPSA) is 70.1 Å². The van der Waals surface area contributed by atoms with Gasteiger partial charge in [0.05, 0.1) is 25.5 Å². The average molecular weight is 550 g/mol. The lowest BCUT2D eigenvalue weighted by Crippen LogP contribution is -2.50. The van der Waals surface area contributed by atoms with E-state index in [2.05, 4.69) is 43.3 Å². The van der Waals surface area contributed by atoms with Crippen molar-refractivity contribution < 1.29 is 9.53 Å². The highest BCUT2D eigenvalue weighted by Crippen LogP contribution is 2.24. The second-order valence-corrected chi connectivity index (χ2v) is 9.69. The maximum atomic E-state index is 12.7. The molecule has 1 N–H and O–H groups in total. The van der Waals surface area contributed by atoms with Gasteiger partial charge in [0, 0.05) is 49.4 Å². The summed E-state index contributed by atoms with van der Waals surface area (Å²) in [6, 6.07) is 0. The number of guanidine groups is 1. The van der Waals surface area contributed by atoms with E-state index >= 15 is 0 Å². The molecule has 2 aliphatic rings. The summed E-state index contributed by atoms with van der Waals surface area (Å²) in [7, 11) is 0. The first-order chi connectivity index (χ1) is 13.9. The van der Waals surface area contributed by atoms with Crippen molar-refractivity contribution in [3.05, 3.63) is 16.1 Å². The van der Waals surface area contributed by atoms with E-state index in [1.54, 1.807) is 11.3 Å². The highest BCUT2D eigenvalue weighted by Gasteiger charge is 2.30. The molecular weight excluding hydrogens is 513 g/mol. The lowest BCUT2D eigenvalue weighted by molar-refractivity contribution is -0.140. The molecule has 7 nitrogen and oxygen atoms in total. The van der Waals surface area contributed by atoms with Gasteiger partial charge in [-0.2, -0.15) is 0 Å². The van der Waals surface area contributed by atoms with Crippen LogP contribution in [0.25, 0.3) is 0 Å². The molecule has 0 aromatic carbocycles. The number of amides is 1. The molecule has 30 heavy (non-hydrogen) atoms. The number of nitrogens with zero attached hydrogens (tertiary/aromatic N) is 4. The predicted molar refractivity (Wildman–Crippen MR) is 133 cm³/mol. The van der Waals surface area contributed by atoms with Gasteiger partial charge < -0.3 is 19.9 Å². The van der Waals surface area contributed by atoms with Gasteiger partial charge in [0.15, 0.2) is 5.96 Å². The normalized spacial score (nSPS) is 18.9. The lowest BCUT2D eigenvalue weighted by Gasteiger charge is -2.36. The van der Waals surface area contributed by atoms with Gasteiger partial charge in [0.1, 0.15) is 5.01 Å². The van der Waals surface area contributed by atoms with E-state index in [0.29, 0.717) is 25.7 Å². The Labute approximate surface area is 201 Å². The molecule has 170 valence electrons. The molecule has 0 bridgehead atoms. The summed E-state index contributed by atoms with van der Waals surface area (Å²) in [5.41, 5.74) is 1.19. The molecule has 1 amide bonds. The monoisotopic (exact) mass is 549 g/mol. The number of nitrogens with one attached hydrogen (secondary N) is 1. The Morgan fingerprint density at radius 2 is 1.90 bits per heavy atom. The first-order valence-electron chi connectivity index (χ1n) is 10.7. The standard InChI is InChI=1S/C21H35N5O2S.HI/c1-5-22-20(23-14-18-24-17(15-29-18)21(2,3)4)26-8-6-16(7-9-26)19(27)25-10-12-28-13-11-25;/h15-16H,5-14H2,1-4H3,(H,22,23);1H. The van der Waals surface area contributed by atoms with Crippen molar-refractivity contribution in [2.45, 2.75) is 52.5 Å². The smallest absolute Gasteiger partial charge is 0.225 e. The van der Waals surface area contributed by atoms with Crippen molar-refractivity contribution in [1.82, 2.24) is 20.1 Å². The predicted octanol–water partition coefficient (Wildman–Crippen LogP) is 3.09. The van der Waals surface area contributed by atoms with Crippen LogP contribution < -0.4 is 5.32 Å². The molecule has 0 saturated carbocycles. The van der Waals surface area contributed by atoms with E-state index in [0.717, 1.165) is 62.2 Å². The Balaban J connectivity index is 0.00000320. The molecule has 0 atom stereocenters. The van der Waals surface area contributed by atoms with Crippen LogP contribution in [0.5, 0.6) is 0 Å². The summed E-state index contributed by atoms with van der Waals surface area (Å²) in [6.07, 6.45) is 1.76. The van der Waals surface area contributed by atoms with Crippen LogP contribution in [0.4, 0.5) is 0 Å². The Kier molecular flexibility index (Phi) is 9.80. The molecule has 2 fully saturated rings. The van der Waals surface area contributed by atoms with Crippen LogP contribution in [0, 0.1) is 5.92 Å². The van der Waals surface area contributed by atoms with Gasteiger partial charge >= 0.3 is 0 Å². The summed E-state index contributed by atoms with van der Waals surface area (Å²) < 4.78 is 5.37. The number of aromatic nitrogens is 1. The number of morpholine rings is 1. The second-order valence-electron chi connectivity index (χ2n) is 8.75. The van der Waals surface area contributed by atoms with Gasteiger partial charge in [-0.15, -0.1) is 35.3 Å². The first-order valence-corrected chi connectivity index (χ1v) is 11.6. The molecule has 0 unspecified atom stereocenters. The molecule has 3 rings (SSSR count). The number of aliphatic imine (C=N–C) groups is 1. The van der Waals surface area contributed by atoms with Crippen molar-refractivity contribution in [3.63, 3.8) is 0 Å². The highest BCUT2D eigenvalue weighted by atomic mass is 127. The van der Waals surface area contributed by atoms with Crippen LogP contribution in [0.1, 0.15) is 51.2 Å². The van der Waals surface area contributed by atoms with Crippen LogP contribution in [0.15, 0.2) is 10.4 Å². The molecule has 1 aromatic rings. The Bertz CT molecular complexity index is 704. The van der Waals surface area contributed by atoms with Crippen molar-refractivity contribution >= 4 is 47.2 Å². The van der Waals surface area contributed by atoms with Gasteiger partial charge in [-0.05, 0) is 19.8 Å². The van der Waals surface area contributed by atoms with E-state index in [9.17, 15) is 4.79 Å². The van der Waals surface area contributed by atoms with Crippen molar-refractivity contribution in [2.75, 3.05) is 45.9 Å². The quantitative estimate of drug-likeness (QED) is 0.355. The summed E-state index contributed by atoms with van der Waals surface area (Å²) in [6.45, 7) is 14.6. The first kappa shape index (κ1) is 25.3. The van der Waals surface area contributed by atoms with Gasteiger partial charge in [-0.1, -0.05) is 20.8 Å². The van der Waals surface area contributed by atoms with E-state index in [1.165, 1.54) is 0 Å². The third kappa shape index (κ3) is 6.78. The zero-order valence-corrected chi connectivity index (χ0v) is 21.8. The minimum absolute atomic E-state index is 0. The zero-order valence-electron chi connectivity index (χ0n) is 18.6. The number of carbonyl (C=O) groups excluding carboxylic acids is 1. The average Bonchev–Trinajstić information content (AvgIpc) is 3.21. The van der Waals surface area contributed by atoms with Crippen LogP contribution in [-0.4, -0.2) is 72.6 Å². The maximum absolute atomic E-state index is 12.7. The lowest BCUT2D eigenvalue weighted by atomic mass is 9.93. The summed E-state index contributed by atoms with van der Waals surface area (Å²) in [5, 5.41) is 6.59. The third-order valence-corrected chi connectivity index (χ3v) is 6.32. The van der Waals surface area contributed by atoms with E-state index in [1.807, 2.05) is 4.90 Å². The fraction of sp³-hybridized carbons (Fsp3) is 0.762. The van der Waals surface area contributed by atoms with Crippen molar-refractivity contribution in [3.8, 4) is 0 Å². The summed E-state index contributed by atoms with van der Waals surface area (Å²) in [5.74, 6) is 1.35. The number of rotatable bonds is 4. The SMILES string of the molecule is CCNC(=NCc1nc(C(C)(C)C)cs1)N1CCC(C(=O)N2CCOCC2)CC1.I. The fourth-order valence-electron chi connectivity index (χ4n) is 3.68. The second kappa shape index (κ2) is 11.6. The fourth-order valence-corrected chi connectivity index (χ4v) is 4.62. The number of ether oxygens (including phenoxy) is 1. The van der Waals surface area contributed by atoms with E-state index in [4.69, 9.17) is 14.7 Å². The van der Waals surface area contributed by atoms with Gasteiger partial charge in [0.25, 0.3) is 0 Å². The van der Waals surface area contributed by atoms with Crippen LogP contribution >= 0.6 is 35.3 Å². The van der Waals surface area contributed by atoms with E-state index < -0.39 is 0 Å². The van der Waals surface area contributed by atoms with Gasteiger partial charge in [-0.25, -0.2) is 9.98 Å². The molecular formula is C21H36IN5O2S. The van der Waals surface area contributed by atoms with Crippen molar-refractivity contribution in [2.24, 2.45) is 10.9 Å². The maximum Gasteiger partial charge on any atom is 0.225 e. The molecule has 0 radical (unpaired) electrons. The third-order valence-electron chi connectivity index (χ3n) is 5.49. The number of piperidine rings is 1. The van der Waals surface area contributed by atoms with Gasteiger partial charge in [-0.3, -0.25) is 4.79 Å². The molecule has 1 aromatic heterocycles. The Hall–Kier alpha value is -0.940.